The Kier molecular flexibility index (Phi) is 9.25. The van der Waals surface area contributed by atoms with E-state index in [1.165, 1.54) is 42.8 Å². The first kappa shape index (κ1) is 29.4. The van der Waals surface area contributed by atoms with Crippen LogP contribution in [0.5, 0.6) is 17.2 Å². The quantitative estimate of drug-likeness (QED) is 0.446. The molecule has 0 bridgehead atoms. The first-order valence-corrected chi connectivity index (χ1v) is 14.6. The maximum Gasteiger partial charge on any atom is 0.246 e. The van der Waals surface area contributed by atoms with Gasteiger partial charge in [0.25, 0.3) is 0 Å². The van der Waals surface area contributed by atoms with Crippen molar-refractivity contribution >= 4 is 27.5 Å². The summed E-state index contributed by atoms with van der Waals surface area (Å²) >= 11 is 6.25. The molecule has 2 aromatic carbocycles. The molecule has 2 aromatic rings. The summed E-state index contributed by atoms with van der Waals surface area (Å²) in [5, 5.41) is 0.161. The van der Waals surface area contributed by atoms with E-state index in [4.69, 9.17) is 25.8 Å². The summed E-state index contributed by atoms with van der Waals surface area (Å²) in [5.74, 6) is 0.611. The smallest absolute Gasteiger partial charge is 0.246 e. The molecule has 2 fully saturated rings. The van der Waals surface area contributed by atoms with Gasteiger partial charge >= 0.3 is 0 Å². The van der Waals surface area contributed by atoms with Gasteiger partial charge in [-0.25, -0.2) is 12.8 Å². The number of halogens is 2. The van der Waals surface area contributed by atoms with Crippen LogP contribution in [-0.2, 0) is 14.8 Å². The number of piperazine rings is 1. The fourth-order valence-corrected chi connectivity index (χ4v) is 6.91. The fourth-order valence-electron chi connectivity index (χ4n) is 5.00. The minimum absolute atomic E-state index is 0.0331. The van der Waals surface area contributed by atoms with Crippen molar-refractivity contribution in [2.45, 2.75) is 24.2 Å². The Hall–Kier alpha value is -2.60. The van der Waals surface area contributed by atoms with Crippen molar-refractivity contribution < 1.29 is 31.8 Å². The van der Waals surface area contributed by atoms with Crippen LogP contribution in [0.3, 0.4) is 0 Å². The second kappa shape index (κ2) is 12.3. The zero-order chi connectivity index (χ0) is 28.2. The van der Waals surface area contributed by atoms with Crippen LogP contribution in [0.1, 0.15) is 19.3 Å². The van der Waals surface area contributed by atoms with Gasteiger partial charge in [0.1, 0.15) is 28.0 Å². The fraction of sp³-hybridized carbons (Fsp3) is 0.519. The first-order chi connectivity index (χ1) is 18.6. The minimum atomic E-state index is -3.94. The number of benzene rings is 2. The summed E-state index contributed by atoms with van der Waals surface area (Å²) < 4.78 is 58.6. The molecule has 0 unspecified atom stereocenters. The Balaban J connectivity index is 1.53. The van der Waals surface area contributed by atoms with Crippen LogP contribution in [0.25, 0.3) is 0 Å². The molecule has 0 aliphatic carbocycles. The van der Waals surface area contributed by atoms with Crippen molar-refractivity contribution in [2.24, 2.45) is 5.41 Å². The van der Waals surface area contributed by atoms with Crippen molar-refractivity contribution in [1.29, 1.82) is 0 Å². The summed E-state index contributed by atoms with van der Waals surface area (Å²) in [7, 11) is 0.914. The Labute approximate surface area is 234 Å². The van der Waals surface area contributed by atoms with Gasteiger partial charge in [0.15, 0.2) is 0 Å². The Bertz CT molecular complexity index is 1260. The van der Waals surface area contributed by atoms with E-state index in [1.807, 2.05) is 11.9 Å². The maximum absolute atomic E-state index is 13.6. The van der Waals surface area contributed by atoms with Crippen molar-refractivity contribution in [1.82, 2.24) is 14.1 Å². The van der Waals surface area contributed by atoms with Gasteiger partial charge in [0.05, 0.1) is 25.8 Å². The van der Waals surface area contributed by atoms with Gasteiger partial charge in [-0.2, -0.15) is 4.31 Å². The highest BCUT2D eigenvalue weighted by atomic mass is 35.5. The van der Waals surface area contributed by atoms with Gasteiger partial charge < -0.3 is 24.0 Å². The van der Waals surface area contributed by atoms with Crippen LogP contribution in [0.4, 0.5) is 4.39 Å². The van der Waals surface area contributed by atoms with Crippen LogP contribution in [0.15, 0.2) is 41.3 Å². The number of nitrogens with zero attached hydrogens (tertiary/aromatic N) is 3. The largest absolute Gasteiger partial charge is 0.495 e. The maximum atomic E-state index is 13.6. The molecule has 0 radical (unpaired) electrons. The molecule has 2 aliphatic heterocycles. The third kappa shape index (κ3) is 6.77. The third-order valence-corrected chi connectivity index (χ3v) is 9.80. The van der Waals surface area contributed by atoms with Crippen LogP contribution < -0.4 is 14.2 Å². The molecule has 9 nitrogen and oxygen atoms in total. The van der Waals surface area contributed by atoms with Crippen molar-refractivity contribution in [3.8, 4) is 17.2 Å². The molecule has 2 saturated heterocycles. The van der Waals surface area contributed by atoms with E-state index < -0.39 is 15.4 Å². The van der Waals surface area contributed by atoms with Gasteiger partial charge in [0, 0.05) is 57.2 Å². The highest BCUT2D eigenvalue weighted by molar-refractivity contribution is 7.89. The van der Waals surface area contributed by atoms with Gasteiger partial charge in [-0.05, 0) is 50.2 Å². The van der Waals surface area contributed by atoms with Gasteiger partial charge in [-0.1, -0.05) is 11.6 Å². The number of sulfonamides is 1. The number of methoxy groups -OCH3 is 2. The predicted octanol–water partition coefficient (Wildman–Crippen LogP) is 3.51. The second-order valence-corrected chi connectivity index (χ2v) is 12.5. The Morgan fingerprint density at radius 1 is 0.974 bits per heavy atom. The molecule has 0 spiro atoms. The highest BCUT2D eigenvalue weighted by Gasteiger charge is 2.42. The number of likely N-dealkylation sites (N-methyl/N-ethyl adjacent to an activating group) is 1. The van der Waals surface area contributed by atoms with E-state index in [0.29, 0.717) is 37.4 Å². The molecule has 0 aromatic heterocycles. The van der Waals surface area contributed by atoms with Gasteiger partial charge in [-0.3, -0.25) is 4.79 Å². The number of hydrogen-bond acceptors (Lipinski definition) is 7. The lowest BCUT2D eigenvalue weighted by Gasteiger charge is -2.42. The zero-order valence-corrected chi connectivity index (χ0v) is 24.1. The summed E-state index contributed by atoms with van der Waals surface area (Å²) in [5.41, 5.74) is -0.581. The molecule has 4 rings (SSSR count). The van der Waals surface area contributed by atoms with Crippen LogP contribution in [-0.4, -0.2) is 95.6 Å². The molecule has 0 N–H and O–H groups in total. The number of rotatable bonds is 9. The molecule has 214 valence electrons. The number of piperidine rings is 1. The van der Waals surface area contributed by atoms with Gasteiger partial charge in [-0.15, -0.1) is 0 Å². The van der Waals surface area contributed by atoms with E-state index in [1.54, 1.807) is 12.1 Å². The summed E-state index contributed by atoms with van der Waals surface area (Å²) in [6, 6.07) is 8.52. The zero-order valence-electron chi connectivity index (χ0n) is 22.5. The molecule has 39 heavy (non-hydrogen) atoms. The number of carbonyl (C=O) groups is 1. The number of hydrogen-bond donors (Lipinski definition) is 0. The SMILES string of the molecule is COc1cc(OC)c(S(=O)(=O)N2CCC(COc3ccc(F)cc3)(CC(=O)N3CCN(C)CC3)CC2)cc1Cl. The topological polar surface area (TPSA) is 88.6 Å². The predicted molar refractivity (Wildman–Crippen MR) is 146 cm³/mol. The molecule has 2 heterocycles. The van der Waals surface area contributed by atoms with Crippen molar-refractivity contribution in [2.75, 3.05) is 67.1 Å². The Morgan fingerprint density at radius 3 is 2.18 bits per heavy atom. The molecular formula is C27H35ClFN3O6S. The van der Waals surface area contributed by atoms with Crippen LogP contribution >= 0.6 is 11.6 Å². The summed E-state index contributed by atoms with van der Waals surface area (Å²) in [6.45, 7) is 3.53. The molecule has 0 saturated carbocycles. The normalized spacial score (nSPS) is 18.5. The number of amides is 1. The molecule has 2 aliphatic rings. The van der Waals surface area contributed by atoms with E-state index in [2.05, 4.69) is 4.90 Å². The number of carbonyl (C=O) groups excluding carboxylic acids is 1. The van der Waals surface area contributed by atoms with E-state index >= 15 is 0 Å². The lowest BCUT2D eigenvalue weighted by molar-refractivity contribution is -0.136. The average molecular weight is 584 g/mol. The third-order valence-electron chi connectivity index (χ3n) is 7.58. The lowest BCUT2D eigenvalue weighted by atomic mass is 9.76. The van der Waals surface area contributed by atoms with Crippen molar-refractivity contribution in [3.05, 3.63) is 47.2 Å². The lowest BCUT2D eigenvalue weighted by Crippen LogP contribution is -2.51. The monoisotopic (exact) mass is 583 g/mol. The molecule has 1 amide bonds. The van der Waals surface area contributed by atoms with E-state index in [9.17, 15) is 17.6 Å². The standard InChI is InChI=1S/C27H35ClFN3O6S/c1-30-12-14-31(15-13-30)26(33)18-27(19-38-21-6-4-20(29)5-7-21)8-10-32(11-9-27)39(34,35)25-16-22(28)23(36-2)17-24(25)37-3/h4-7,16-17H,8-15,18-19H2,1-3H3. The molecule has 0 atom stereocenters. The van der Waals surface area contributed by atoms with E-state index in [-0.39, 0.29) is 53.5 Å². The minimum Gasteiger partial charge on any atom is -0.495 e. The molecular weight excluding hydrogens is 549 g/mol. The van der Waals surface area contributed by atoms with Crippen molar-refractivity contribution in [3.63, 3.8) is 0 Å². The number of ether oxygens (including phenoxy) is 3. The highest BCUT2D eigenvalue weighted by Crippen LogP contribution is 2.41. The summed E-state index contributed by atoms with van der Waals surface area (Å²) in [4.78, 5) is 17.3. The molecule has 12 heteroatoms. The first-order valence-electron chi connectivity index (χ1n) is 12.8. The van der Waals surface area contributed by atoms with Gasteiger partial charge in [0.2, 0.25) is 15.9 Å². The average Bonchev–Trinajstić information content (AvgIpc) is 2.93. The second-order valence-electron chi connectivity index (χ2n) is 10.1. The Morgan fingerprint density at radius 2 is 1.59 bits per heavy atom. The van der Waals surface area contributed by atoms with E-state index in [0.717, 1.165) is 13.1 Å². The van der Waals surface area contributed by atoms with Crippen LogP contribution in [0.2, 0.25) is 5.02 Å². The van der Waals surface area contributed by atoms with Crippen LogP contribution in [0, 0.1) is 11.2 Å². The summed E-state index contributed by atoms with van der Waals surface area (Å²) in [6.07, 6.45) is 1.07.